The maximum Gasteiger partial charge on any atom is 0.191 e. The molecule has 1 saturated carbocycles. The third-order valence-corrected chi connectivity index (χ3v) is 6.37. The van der Waals surface area contributed by atoms with E-state index >= 15 is 0 Å². The van der Waals surface area contributed by atoms with Crippen LogP contribution in [0.5, 0.6) is 5.75 Å². The second kappa shape index (κ2) is 9.89. The third kappa shape index (κ3) is 5.23. The molecule has 1 aromatic heterocycles. The van der Waals surface area contributed by atoms with Crippen molar-refractivity contribution >= 4 is 17.3 Å². The van der Waals surface area contributed by atoms with E-state index < -0.39 is 0 Å². The van der Waals surface area contributed by atoms with E-state index in [1.54, 1.807) is 25.6 Å². The van der Waals surface area contributed by atoms with Crippen molar-refractivity contribution in [3.8, 4) is 16.3 Å². The highest BCUT2D eigenvalue weighted by molar-refractivity contribution is 7.13. The summed E-state index contributed by atoms with van der Waals surface area (Å²) in [5.74, 6) is 1.68. The molecule has 2 aromatic rings. The highest BCUT2D eigenvalue weighted by atomic mass is 32.1. The average Bonchev–Trinajstić information content (AvgIpc) is 3.18. The van der Waals surface area contributed by atoms with Crippen LogP contribution in [0, 0.1) is 5.41 Å². The standard InChI is InChI=1S/C21H30N4O2S/c1-22-20(24-15-21(9-4-10-21)11-12-26-2)23-13-17-14-28-19(25-17)16-5-7-18(27-3)8-6-16/h5-8,14H,4,9-13,15H2,1-3H3,(H2,22,23,24). The maximum atomic E-state index is 5.28. The number of benzene rings is 1. The minimum atomic E-state index is 0.357. The van der Waals surface area contributed by atoms with Crippen molar-refractivity contribution in [2.75, 3.05) is 34.4 Å². The maximum absolute atomic E-state index is 5.28. The number of thiazole rings is 1. The summed E-state index contributed by atoms with van der Waals surface area (Å²) in [4.78, 5) is 9.09. The van der Waals surface area contributed by atoms with Crippen molar-refractivity contribution in [1.29, 1.82) is 0 Å². The van der Waals surface area contributed by atoms with Crippen LogP contribution in [0.2, 0.25) is 0 Å². The van der Waals surface area contributed by atoms with Gasteiger partial charge in [0.15, 0.2) is 5.96 Å². The predicted molar refractivity (Wildman–Crippen MR) is 115 cm³/mol. The Hall–Kier alpha value is -2.12. The lowest BCUT2D eigenvalue weighted by Gasteiger charge is -2.42. The molecule has 1 heterocycles. The van der Waals surface area contributed by atoms with Crippen LogP contribution in [0.1, 0.15) is 31.4 Å². The molecule has 0 aliphatic heterocycles. The molecule has 7 heteroatoms. The molecule has 0 bridgehead atoms. The van der Waals surface area contributed by atoms with E-state index in [0.29, 0.717) is 12.0 Å². The lowest BCUT2D eigenvalue weighted by molar-refractivity contribution is 0.0732. The fourth-order valence-corrected chi connectivity index (χ4v) is 4.26. The molecule has 1 fully saturated rings. The molecular weight excluding hydrogens is 372 g/mol. The summed E-state index contributed by atoms with van der Waals surface area (Å²) in [5.41, 5.74) is 2.47. The number of methoxy groups -OCH3 is 2. The van der Waals surface area contributed by atoms with Crippen LogP contribution >= 0.6 is 11.3 Å². The van der Waals surface area contributed by atoms with Crippen molar-refractivity contribution in [3.63, 3.8) is 0 Å². The number of aliphatic imine (C=N–C) groups is 1. The van der Waals surface area contributed by atoms with Crippen LogP contribution in [-0.2, 0) is 11.3 Å². The first-order chi connectivity index (χ1) is 13.7. The third-order valence-electron chi connectivity index (χ3n) is 5.43. The van der Waals surface area contributed by atoms with Gasteiger partial charge in [-0.25, -0.2) is 4.98 Å². The molecule has 0 radical (unpaired) electrons. The second-order valence-corrected chi connectivity index (χ2v) is 8.11. The zero-order valence-corrected chi connectivity index (χ0v) is 17.8. The summed E-state index contributed by atoms with van der Waals surface area (Å²) in [6.45, 7) is 2.41. The first-order valence-corrected chi connectivity index (χ1v) is 10.6. The molecule has 28 heavy (non-hydrogen) atoms. The first kappa shape index (κ1) is 20.6. The number of nitrogens with one attached hydrogen (secondary N) is 2. The Balaban J connectivity index is 1.50. The van der Waals surface area contributed by atoms with Crippen molar-refractivity contribution in [1.82, 2.24) is 15.6 Å². The van der Waals surface area contributed by atoms with Crippen LogP contribution in [0.25, 0.3) is 10.6 Å². The van der Waals surface area contributed by atoms with Crippen LogP contribution < -0.4 is 15.4 Å². The summed E-state index contributed by atoms with van der Waals surface area (Å²) in [7, 11) is 5.25. The van der Waals surface area contributed by atoms with Gasteiger partial charge in [0.2, 0.25) is 0 Å². The number of rotatable bonds is 9. The van der Waals surface area contributed by atoms with E-state index in [1.807, 2.05) is 31.3 Å². The molecule has 152 valence electrons. The lowest BCUT2D eigenvalue weighted by Crippen LogP contribution is -2.46. The van der Waals surface area contributed by atoms with Crippen LogP contribution in [0.3, 0.4) is 0 Å². The first-order valence-electron chi connectivity index (χ1n) is 9.70. The van der Waals surface area contributed by atoms with E-state index in [4.69, 9.17) is 14.5 Å². The summed E-state index contributed by atoms with van der Waals surface area (Å²) in [5, 5.41) is 9.96. The quantitative estimate of drug-likeness (QED) is 0.495. The molecule has 0 unspecified atom stereocenters. The van der Waals surface area contributed by atoms with Gasteiger partial charge in [0.25, 0.3) is 0 Å². The highest BCUT2D eigenvalue weighted by Crippen LogP contribution is 2.43. The summed E-state index contributed by atoms with van der Waals surface area (Å²) in [6.07, 6.45) is 4.94. The van der Waals surface area contributed by atoms with E-state index in [0.717, 1.165) is 47.5 Å². The van der Waals surface area contributed by atoms with Gasteiger partial charge in [-0.1, -0.05) is 6.42 Å². The minimum Gasteiger partial charge on any atom is -0.497 e. The summed E-state index contributed by atoms with van der Waals surface area (Å²) < 4.78 is 10.5. The Kier molecular flexibility index (Phi) is 7.28. The van der Waals surface area contributed by atoms with E-state index in [1.165, 1.54) is 19.3 Å². The number of hydrogen-bond donors (Lipinski definition) is 2. The summed E-state index contributed by atoms with van der Waals surface area (Å²) in [6, 6.07) is 7.99. The highest BCUT2D eigenvalue weighted by Gasteiger charge is 2.36. The number of ether oxygens (including phenoxy) is 2. The monoisotopic (exact) mass is 402 g/mol. The summed E-state index contributed by atoms with van der Waals surface area (Å²) >= 11 is 1.65. The van der Waals surface area contributed by atoms with Gasteiger partial charge in [0.1, 0.15) is 10.8 Å². The largest absolute Gasteiger partial charge is 0.497 e. The van der Waals surface area contributed by atoms with Crippen molar-refractivity contribution in [2.45, 2.75) is 32.2 Å². The van der Waals surface area contributed by atoms with Gasteiger partial charge in [-0.2, -0.15) is 0 Å². The fourth-order valence-electron chi connectivity index (χ4n) is 3.43. The molecule has 0 atom stereocenters. The topological polar surface area (TPSA) is 67.8 Å². The molecule has 2 N–H and O–H groups in total. The molecule has 1 aliphatic carbocycles. The molecule has 3 rings (SSSR count). The van der Waals surface area contributed by atoms with Crippen LogP contribution in [0.15, 0.2) is 34.6 Å². The van der Waals surface area contributed by atoms with Gasteiger partial charge in [-0.05, 0) is 48.9 Å². The van der Waals surface area contributed by atoms with Crippen LogP contribution in [-0.4, -0.2) is 45.4 Å². The van der Waals surface area contributed by atoms with Crippen molar-refractivity contribution < 1.29 is 9.47 Å². The lowest BCUT2D eigenvalue weighted by atomic mass is 9.67. The van der Waals surface area contributed by atoms with Crippen LogP contribution in [0.4, 0.5) is 0 Å². The number of guanidine groups is 1. The molecular formula is C21H30N4O2S. The van der Waals surface area contributed by atoms with Gasteiger partial charge in [-0.15, -0.1) is 11.3 Å². The van der Waals surface area contributed by atoms with Gasteiger partial charge >= 0.3 is 0 Å². The van der Waals surface area contributed by atoms with Gasteiger partial charge in [0.05, 0.1) is 19.3 Å². The minimum absolute atomic E-state index is 0.357. The number of aromatic nitrogens is 1. The Morgan fingerprint density at radius 3 is 2.61 bits per heavy atom. The van der Waals surface area contributed by atoms with E-state index in [9.17, 15) is 0 Å². The number of hydrogen-bond acceptors (Lipinski definition) is 5. The van der Waals surface area contributed by atoms with Gasteiger partial charge in [-0.3, -0.25) is 4.99 Å². The number of nitrogens with zero attached hydrogens (tertiary/aromatic N) is 2. The van der Waals surface area contributed by atoms with Crippen molar-refractivity contribution in [2.24, 2.45) is 10.4 Å². The normalized spacial score (nSPS) is 15.8. The Morgan fingerprint density at radius 2 is 2.00 bits per heavy atom. The van der Waals surface area contributed by atoms with Gasteiger partial charge in [0, 0.05) is 38.3 Å². The van der Waals surface area contributed by atoms with E-state index in [2.05, 4.69) is 21.0 Å². The van der Waals surface area contributed by atoms with Gasteiger partial charge < -0.3 is 20.1 Å². The fraction of sp³-hybridized carbons (Fsp3) is 0.524. The molecule has 0 spiro atoms. The SMILES string of the molecule is CN=C(NCc1csc(-c2ccc(OC)cc2)n1)NCC1(CCOC)CCC1. The molecule has 1 aliphatic rings. The van der Waals surface area contributed by atoms with E-state index in [-0.39, 0.29) is 0 Å². The van der Waals surface area contributed by atoms with Crippen molar-refractivity contribution in [3.05, 3.63) is 35.3 Å². The zero-order chi connectivity index (χ0) is 19.8. The zero-order valence-electron chi connectivity index (χ0n) is 17.0. The molecule has 0 amide bonds. The smallest absolute Gasteiger partial charge is 0.191 e. The molecule has 1 aromatic carbocycles. The second-order valence-electron chi connectivity index (χ2n) is 7.25. The molecule has 0 saturated heterocycles. The predicted octanol–water partition coefficient (Wildman–Crippen LogP) is 3.69. The Morgan fingerprint density at radius 1 is 1.21 bits per heavy atom. The molecule has 6 nitrogen and oxygen atoms in total. The Bertz CT molecular complexity index is 769. The average molecular weight is 403 g/mol. The Labute approximate surface area is 171 Å².